The summed E-state index contributed by atoms with van der Waals surface area (Å²) in [5.74, 6) is 0. The molecule has 0 amide bonds. The van der Waals surface area contributed by atoms with E-state index in [1.807, 2.05) is 48.5 Å². The van der Waals surface area contributed by atoms with Gasteiger partial charge >= 0.3 is 24.7 Å². The number of hydrogen-bond acceptors (Lipinski definition) is 0. The molecule has 4 heterocycles. The topological polar surface area (TPSA) is 0 Å². The summed E-state index contributed by atoms with van der Waals surface area (Å²) < 4.78 is 177. The van der Waals surface area contributed by atoms with Crippen molar-refractivity contribution in [2.75, 3.05) is 0 Å². The molecule has 0 bridgehead atoms. The molecule has 0 atom stereocenters. The first-order valence-corrected chi connectivity index (χ1v) is 22.2. The number of rotatable bonds is 2. The van der Waals surface area contributed by atoms with Crippen molar-refractivity contribution in [2.45, 2.75) is 24.7 Å². The quantitative estimate of drug-likeness (QED) is 0.0920. The molecule has 10 aromatic rings. The molecule has 14 rings (SSSR count). The third kappa shape index (κ3) is 5.44. The second-order valence-electron chi connectivity index (χ2n) is 18.6. The van der Waals surface area contributed by atoms with E-state index in [4.69, 9.17) is 0 Å². The van der Waals surface area contributed by atoms with E-state index in [2.05, 4.69) is 0 Å². The lowest BCUT2D eigenvalue weighted by Crippen LogP contribution is -2.53. The zero-order chi connectivity index (χ0) is 48.3. The lowest BCUT2D eigenvalue weighted by molar-refractivity contribution is -0.138. The van der Waals surface area contributed by atoms with Gasteiger partial charge in [0.1, 0.15) is 0 Å². The van der Waals surface area contributed by atoms with Crippen LogP contribution in [0, 0.1) is 0 Å². The Bertz CT molecular complexity index is 3740. The minimum absolute atomic E-state index is 0.0243. The van der Waals surface area contributed by atoms with Crippen LogP contribution in [0.1, 0.15) is 22.3 Å². The fraction of sp³-hybridized carbons (Fsp3) is 0.0714. The van der Waals surface area contributed by atoms with Gasteiger partial charge in [-0.25, -0.2) is 0 Å². The predicted molar refractivity (Wildman–Crippen MR) is 252 cm³/mol. The highest BCUT2D eigenvalue weighted by Gasteiger charge is 2.48. The van der Waals surface area contributed by atoms with E-state index in [-0.39, 0.29) is 33.4 Å². The maximum Gasteiger partial charge on any atom is 0.416 e. The van der Waals surface area contributed by atoms with Crippen molar-refractivity contribution < 1.29 is 52.7 Å². The highest BCUT2D eigenvalue weighted by atomic mass is 19.4. The van der Waals surface area contributed by atoms with E-state index < -0.39 is 60.4 Å². The van der Waals surface area contributed by atoms with Crippen molar-refractivity contribution in [3.05, 3.63) is 168 Å². The van der Waals surface area contributed by atoms with Crippen molar-refractivity contribution in [1.82, 2.24) is 0 Å². The molecule has 0 aromatic heterocycles. The van der Waals surface area contributed by atoms with Gasteiger partial charge in [-0.3, -0.25) is 0 Å². The largest absolute Gasteiger partial charge is 0.416 e. The summed E-state index contributed by atoms with van der Waals surface area (Å²) >= 11 is 0. The second-order valence-corrected chi connectivity index (χ2v) is 18.6. The summed E-state index contributed by atoms with van der Waals surface area (Å²) in [7, 11) is 0. The van der Waals surface area contributed by atoms with Gasteiger partial charge in [-0.15, -0.1) is 0 Å². The lowest BCUT2D eigenvalue weighted by Gasteiger charge is -2.33. The van der Waals surface area contributed by atoms with Crippen molar-refractivity contribution in [3.8, 4) is 66.8 Å². The van der Waals surface area contributed by atoms with Crippen LogP contribution < -0.4 is 32.8 Å². The zero-order valence-electron chi connectivity index (χ0n) is 35.5. The Hall–Kier alpha value is -7.47. The first-order chi connectivity index (χ1) is 33.3. The Labute approximate surface area is 389 Å². The molecule has 0 aliphatic carbocycles. The molecule has 0 nitrogen and oxygen atoms in total. The van der Waals surface area contributed by atoms with E-state index in [0.29, 0.717) is 98.5 Å². The fourth-order valence-electron chi connectivity index (χ4n) is 12.4. The molecule has 0 saturated carbocycles. The molecule has 0 spiro atoms. The minimum atomic E-state index is -4.90. The van der Waals surface area contributed by atoms with Crippen molar-refractivity contribution in [1.29, 1.82) is 0 Å². The van der Waals surface area contributed by atoms with E-state index in [1.165, 1.54) is 12.1 Å². The van der Waals surface area contributed by atoms with Crippen LogP contribution in [0.5, 0.6) is 0 Å². The van der Waals surface area contributed by atoms with Gasteiger partial charge in [0.25, 0.3) is 0 Å². The SMILES string of the molecule is FC(F)(F)c1ccc2c(c1)-c1cc(C(F)(F)F)cc3c1B2c1cc2c(-c4ccccc4)cc4c5c(cc6c(-c7ccccc7)cc-3c1c6c25)B1c2ccc(C(F)(F)F)cc2-c2cc(C(F)(F)F)cc-4c21. The zero-order valence-corrected chi connectivity index (χ0v) is 35.5. The average Bonchev–Trinajstić information content (AvgIpc) is 3.84. The Kier molecular flexibility index (Phi) is 7.84. The Morgan fingerprint density at radius 1 is 0.257 bits per heavy atom. The normalized spacial score (nSPS) is 14.2. The molecule has 10 aromatic carbocycles. The maximum absolute atomic E-state index is 15.1. The Morgan fingerprint density at radius 3 is 0.929 bits per heavy atom. The van der Waals surface area contributed by atoms with Crippen molar-refractivity contribution >= 4 is 78.5 Å². The van der Waals surface area contributed by atoms with Crippen LogP contribution in [0.3, 0.4) is 0 Å². The van der Waals surface area contributed by atoms with Gasteiger partial charge in [0.2, 0.25) is 13.4 Å². The highest BCUT2D eigenvalue weighted by Crippen LogP contribution is 2.53. The van der Waals surface area contributed by atoms with Crippen LogP contribution in [0.4, 0.5) is 52.7 Å². The van der Waals surface area contributed by atoms with E-state index >= 15 is 26.3 Å². The highest BCUT2D eigenvalue weighted by molar-refractivity contribution is 7.03. The predicted octanol–water partition coefficient (Wildman–Crippen LogP) is 12.9. The van der Waals surface area contributed by atoms with Crippen LogP contribution in [0.25, 0.3) is 99.1 Å². The molecule has 0 radical (unpaired) electrons. The molecule has 4 aliphatic rings. The molecule has 70 heavy (non-hydrogen) atoms. The lowest BCUT2D eigenvalue weighted by atomic mass is 9.34. The maximum atomic E-state index is 15.1. The van der Waals surface area contributed by atoms with Gasteiger partial charge in [-0.05, 0) is 148 Å². The standard InChI is InChI=1S/C56H24B2F12/c59-53(60,61)27-11-13-43-34(16-27)40-18-30(56(68,69)70)20-42-36-22-32(26-9-5-2-6-10-26)38-24-46-47-35(21-31(25-7-3-1-4-8-25)37-23-45(57(43)52(40)42)48(36)50(38)49(37)47)41-19-29(55(65,66)67)17-39-33-15-28(54(62,63)64)12-14-44(33)58(46)51(39)41/h1-24H. The average molecular weight is 946 g/mol. The van der Waals surface area contributed by atoms with Gasteiger partial charge in [-0.2, -0.15) is 52.7 Å². The van der Waals surface area contributed by atoms with Crippen LogP contribution in [0.15, 0.2) is 146 Å². The van der Waals surface area contributed by atoms with Gasteiger partial charge < -0.3 is 0 Å². The smallest absolute Gasteiger partial charge is 0.166 e. The number of hydrogen-bond donors (Lipinski definition) is 0. The van der Waals surface area contributed by atoms with Gasteiger partial charge in [0, 0.05) is 0 Å². The molecular weight excluding hydrogens is 922 g/mol. The van der Waals surface area contributed by atoms with Crippen LogP contribution in [-0.2, 0) is 24.7 Å². The molecule has 0 fully saturated rings. The third-order valence-electron chi connectivity index (χ3n) is 15.1. The van der Waals surface area contributed by atoms with E-state index in [0.717, 1.165) is 48.5 Å². The molecule has 0 unspecified atom stereocenters. The molecule has 0 N–H and O–H groups in total. The van der Waals surface area contributed by atoms with Crippen LogP contribution in [-0.4, -0.2) is 13.4 Å². The number of benzene rings is 10. The first kappa shape index (κ1) is 41.5. The fourth-order valence-corrected chi connectivity index (χ4v) is 12.4. The number of alkyl halides is 12. The summed E-state index contributed by atoms with van der Waals surface area (Å²) in [5, 5.41) is 3.53. The summed E-state index contributed by atoms with van der Waals surface area (Å²) in [4.78, 5) is 0. The Balaban J connectivity index is 1.21. The van der Waals surface area contributed by atoms with Crippen LogP contribution >= 0.6 is 0 Å². The van der Waals surface area contributed by atoms with Gasteiger partial charge in [0.05, 0.1) is 22.3 Å². The minimum Gasteiger partial charge on any atom is -0.166 e. The van der Waals surface area contributed by atoms with E-state index in [9.17, 15) is 26.3 Å². The van der Waals surface area contributed by atoms with Gasteiger partial charge in [-0.1, -0.05) is 130 Å². The molecule has 338 valence electrons. The van der Waals surface area contributed by atoms with Crippen molar-refractivity contribution in [2.24, 2.45) is 0 Å². The number of halogens is 12. The van der Waals surface area contributed by atoms with Gasteiger partial charge in [0.15, 0.2) is 0 Å². The Morgan fingerprint density at radius 2 is 0.586 bits per heavy atom. The summed E-state index contributed by atoms with van der Waals surface area (Å²) in [6.45, 7) is -1.66. The number of fused-ring (bicyclic) bond motifs is 10. The molecular formula is C56H24B2F12. The third-order valence-corrected chi connectivity index (χ3v) is 15.1. The van der Waals surface area contributed by atoms with E-state index in [1.54, 1.807) is 36.4 Å². The molecule has 0 saturated heterocycles. The first-order valence-electron chi connectivity index (χ1n) is 22.2. The second kappa shape index (κ2) is 13.2. The monoisotopic (exact) mass is 946 g/mol. The summed E-state index contributed by atoms with van der Waals surface area (Å²) in [6, 6.07) is 36.1. The molecule has 4 aliphatic heterocycles. The summed E-state index contributed by atoms with van der Waals surface area (Å²) in [6.07, 6.45) is -19.4. The van der Waals surface area contributed by atoms with Crippen molar-refractivity contribution in [3.63, 3.8) is 0 Å². The van der Waals surface area contributed by atoms with Crippen LogP contribution in [0.2, 0.25) is 0 Å². The molecule has 14 heteroatoms. The summed E-state index contributed by atoms with van der Waals surface area (Å²) in [5.41, 5.74) is 2.57.